The van der Waals surface area contributed by atoms with E-state index in [1.165, 1.54) is 0 Å². The fourth-order valence-corrected chi connectivity index (χ4v) is 2.61. The number of pyridine rings is 1. The Balaban J connectivity index is 1.92. The van der Waals surface area contributed by atoms with E-state index in [0.29, 0.717) is 24.3 Å². The summed E-state index contributed by atoms with van der Waals surface area (Å²) in [6, 6.07) is 6.90. The summed E-state index contributed by atoms with van der Waals surface area (Å²) in [6.45, 7) is 6.47. The molecule has 3 atom stereocenters. The Morgan fingerprint density at radius 1 is 1.29 bits per heavy atom. The van der Waals surface area contributed by atoms with Crippen molar-refractivity contribution in [3.8, 4) is 0 Å². The van der Waals surface area contributed by atoms with Crippen LogP contribution in [0.1, 0.15) is 45.3 Å². The molecule has 17 heavy (non-hydrogen) atoms. The zero-order valence-corrected chi connectivity index (χ0v) is 10.9. The molecule has 0 amide bonds. The highest BCUT2D eigenvalue weighted by Crippen LogP contribution is 2.21. The van der Waals surface area contributed by atoms with Gasteiger partial charge in [-0.1, -0.05) is 6.07 Å². The predicted molar refractivity (Wildman–Crippen MR) is 68.8 cm³/mol. The fourth-order valence-electron chi connectivity index (χ4n) is 2.61. The van der Waals surface area contributed by atoms with Crippen LogP contribution in [0, 0.1) is 0 Å². The van der Waals surface area contributed by atoms with Crippen molar-refractivity contribution in [2.24, 2.45) is 0 Å². The van der Waals surface area contributed by atoms with Gasteiger partial charge in [-0.15, -0.1) is 0 Å². The van der Waals surface area contributed by atoms with E-state index < -0.39 is 0 Å². The quantitative estimate of drug-likeness (QED) is 0.873. The number of rotatable bonds is 3. The molecular formula is C14H22N2O. The fraction of sp³-hybridized carbons (Fsp3) is 0.643. The van der Waals surface area contributed by atoms with Crippen LogP contribution in [0.15, 0.2) is 24.4 Å². The molecule has 1 aliphatic rings. The zero-order valence-electron chi connectivity index (χ0n) is 10.9. The molecule has 0 aliphatic carbocycles. The van der Waals surface area contributed by atoms with Gasteiger partial charge in [-0.05, 0) is 45.7 Å². The van der Waals surface area contributed by atoms with Crippen molar-refractivity contribution in [1.29, 1.82) is 0 Å². The lowest BCUT2D eigenvalue weighted by molar-refractivity contribution is -0.0434. The maximum Gasteiger partial charge on any atom is 0.0570 e. The number of nitrogens with one attached hydrogen (secondary N) is 1. The van der Waals surface area contributed by atoms with Gasteiger partial charge in [-0.3, -0.25) is 4.98 Å². The van der Waals surface area contributed by atoms with Crippen LogP contribution in [0.5, 0.6) is 0 Å². The maximum atomic E-state index is 5.75. The van der Waals surface area contributed by atoms with Crippen molar-refractivity contribution in [2.45, 2.75) is 57.9 Å². The second kappa shape index (κ2) is 5.61. The summed E-state index contributed by atoms with van der Waals surface area (Å²) in [6.07, 6.45) is 4.73. The predicted octanol–water partition coefficient (Wildman–Crippen LogP) is 2.69. The van der Waals surface area contributed by atoms with Crippen LogP contribution in [0.2, 0.25) is 0 Å². The summed E-state index contributed by atoms with van der Waals surface area (Å²) in [5.74, 6) is 0. The molecule has 1 aliphatic heterocycles. The largest absolute Gasteiger partial charge is 0.375 e. The van der Waals surface area contributed by atoms with Gasteiger partial charge in [0.15, 0.2) is 0 Å². The van der Waals surface area contributed by atoms with Crippen LogP contribution in [0.25, 0.3) is 0 Å². The molecule has 1 saturated heterocycles. The standard InChI is InChI=1S/C14H22N2O/c1-10-8-13(9-11(2)17-10)16-12(3)14-6-4-5-7-15-14/h4-7,10-13,16H,8-9H2,1-3H3/t10?,11?,12-,13?/m0/s1. The number of ether oxygens (including phenoxy) is 1. The third-order valence-electron chi connectivity index (χ3n) is 3.31. The third kappa shape index (κ3) is 3.51. The van der Waals surface area contributed by atoms with Crippen molar-refractivity contribution in [1.82, 2.24) is 10.3 Å². The number of nitrogens with zero attached hydrogens (tertiary/aromatic N) is 1. The maximum absolute atomic E-state index is 5.75. The van der Waals surface area contributed by atoms with E-state index >= 15 is 0 Å². The van der Waals surface area contributed by atoms with Crippen molar-refractivity contribution in [3.63, 3.8) is 0 Å². The van der Waals surface area contributed by atoms with Crippen LogP contribution < -0.4 is 5.32 Å². The van der Waals surface area contributed by atoms with Gasteiger partial charge in [-0.25, -0.2) is 0 Å². The van der Waals surface area contributed by atoms with E-state index in [2.05, 4.69) is 37.1 Å². The van der Waals surface area contributed by atoms with Gasteiger partial charge < -0.3 is 10.1 Å². The highest BCUT2D eigenvalue weighted by molar-refractivity contribution is 5.08. The third-order valence-corrected chi connectivity index (χ3v) is 3.31. The average Bonchev–Trinajstić information content (AvgIpc) is 2.28. The Kier molecular flexibility index (Phi) is 4.13. The number of aromatic nitrogens is 1. The van der Waals surface area contributed by atoms with E-state index in [-0.39, 0.29) is 0 Å². The monoisotopic (exact) mass is 234 g/mol. The summed E-state index contributed by atoms with van der Waals surface area (Å²) < 4.78 is 5.75. The van der Waals surface area contributed by atoms with Gasteiger partial charge in [0.05, 0.1) is 17.9 Å². The normalized spacial score (nSPS) is 31.1. The summed E-state index contributed by atoms with van der Waals surface area (Å²) in [5, 5.41) is 3.65. The van der Waals surface area contributed by atoms with Crippen molar-refractivity contribution in [3.05, 3.63) is 30.1 Å². The minimum atomic E-state index is 0.304. The highest BCUT2D eigenvalue weighted by Gasteiger charge is 2.25. The SMILES string of the molecule is CC1CC(N[C@@H](C)c2ccccn2)CC(C)O1. The minimum absolute atomic E-state index is 0.304. The summed E-state index contributed by atoms with van der Waals surface area (Å²) in [5.41, 5.74) is 1.11. The molecule has 1 aromatic rings. The van der Waals surface area contributed by atoms with Crippen molar-refractivity contribution in [2.75, 3.05) is 0 Å². The van der Waals surface area contributed by atoms with Gasteiger partial charge in [-0.2, -0.15) is 0 Å². The van der Waals surface area contributed by atoms with Gasteiger partial charge >= 0.3 is 0 Å². The van der Waals surface area contributed by atoms with Crippen molar-refractivity contribution >= 4 is 0 Å². The van der Waals surface area contributed by atoms with E-state index in [1.54, 1.807) is 0 Å². The molecule has 94 valence electrons. The van der Waals surface area contributed by atoms with Gasteiger partial charge in [0.1, 0.15) is 0 Å². The number of hydrogen-bond acceptors (Lipinski definition) is 3. The molecule has 3 nitrogen and oxygen atoms in total. The van der Waals surface area contributed by atoms with Crippen LogP contribution in [-0.4, -0.2) is 23.2 Å². The van der Waals surface area contributed by atoms with Gasteiger partial charge in [0, 0.05) is 18.3 Å². The molecular weight excluding hydrogens is 212 g/mol. The highest BCUT2D eigenvalue weighted by atomic mass is 16.5. The lowest BCUT2D eigenvalue weighted by Gasteiger charge is -2.34. The first kappa shape index (κ1) is 12.5. The molecule has 2 heterocycles. The molecule has 1 aromatic heterocycles. The molecule has 0 bridgehead atoms. The molecule has 2 unspecified atom stereocenters. The minimum Gasteiger partial charge on any atom is -0.375 e. The molecule has 1 fully saturated rings. The molecule has 2 rings (SSSR count). The Hall–Kier alpha value is -0.930. The molecule has 0 spiro atoms. The average molecular weight is 234 g/mol. The second-order valence-corrected chi connectivity index (χ2v) is 5.07. The molecule has 0 radical (unpaired) electrons. The molecule has 0 aromatic carbocycles. The molecule has 0 saturated carbocycles. The Morgan fingerprint density at radius 2 is 2.00 bits per heavy atom. The second-order valence-electron chi connectivity index (χ2n) is 5.07. The first-order valence-electron chi connectivity index (χ1n) is 6.47. The Bertz CT molecular complexity index is 331. The first-order valence-corrected chi connectivity index (χ1v) is 6.47. The lowest BCUT2D eigenvalue weighted by atomic mass is 9.98. The lowest BCUT2D eigenvalue weighted by Crippen LogP contribution is -2.42. The smallest absolute Gasteiger partial charge is 0.0570 e. The summed E-state index contributed by atoms with van der Waals surface area (Å²) in [4.78, 5) is 4.39. The first-order chi connectivity index (χ1) is 8.15. The number of hydrogen-bond donors (Lipinski definition) is 1. The van der Waals surface area contributed by atoms with Gasteiger partial charge in [0.2, 0.25) is 0 Å². The van der Waals surface area contributed by atoms with Crippen LogP contribution >= 0.6 is 0 Å². The zero-order chi connectivity index (χ0) is 12.3. The summed E-state index contributed by atoms with van der Waals surface area (Å²) >= 11 is 0. The van der Waals surface area contributed by atoms with Gasteiger partial charge in [0.25, 0.3) is 0 Å². The molecule has 1 N–H and O–H groups in total. The Morgan fingerprint density at radius 3 is 2.59 bits per heavy atom. The van der Waals surface area contributed by atoms with E-state index in [0.717, 1.165) is 18.5 Å². The topological polar surface area (TPSA) is 34.2 Å². The Labute approximate surface area is 104 Å². The van der Waals surface area contributed by atoms with E-state index in [4.69, 9.17) is 4.74 Å². The van der Waals surface area contributed by atoms with Crippen LogP contribution in [-0.2, 0) is 4.74 Å². The van der Waals surface area contributed by atoms with Crippen LogP contribution in [0.4, 0.5) is 0 Å². The summed E-state index contributed by atoms with van der Waals surface area (Å²) in [7, 11) is 0. The van der Waals surface area contributed by atoms with E-state index in [1.807, 2.05) is 18.3 Å². The van der Waals surface area contributed by atoms with E-state index in [9.17, 15) is 0 Å². The van der Waals surface area contributed by atoms with Crippen molar-refractivity contribution < 1.29 is 4.74 Å². The van der Waals surface area contributed by atoms with Crippen LogP contribution in [0.3, 0.4) is 0 Å². The molecule has 3 heteroatoms.